The Hall–Kier alpha value is -2.27. The van der Waals surface area contributed by atoms with Crippen LogP contribution in [0.2, 0.25) is 0 Å². The zero-order chi connectivity index (χ0) is 15.2. The molecule has 20 heavy (non-hydrogen) atoms. The van der Waals surface area contributed by atoms with Gasteiger partial charge in [-0.3, -0.25) is 9.52 Å². The average molecular weight is 298 g/mol. The summed E-state index contributed by atoms with van der Waals surface area (Å²) in [6.45, 7) is 0. The molecule has 0 aliphatic carbocycles. The van der Waals surface area contributed by atoms with Crippen molar-refractivity contribution in [2.75, 3.05) is 24.7 Å². The SMILES string of the molecule is COC(=O)CCS(=O)(=O)Nc1c(C#N)cccc1OC. The number of anilines is 1. The highest BCUT2D eigenvalue weighted by Gasteiger charge is 2.18. The van der Waals surface area contributed by atoms with Crippen molar-refractivity contribution in [3.63, 3.8) is 0 Å². The minimum absolute atomic E-state index is 0.0577. The molecule has 0 amide bonds. The fraction of sp³-hybridized carbons (Fsp3) is 0.333. The second-order valence-corrected chi connectivity index (χ2v) is 5.58. The number of ether oxygens (including phenoxy) is 2. The number of sulfonamides is 1. The zero-order valence-electron chi connectivity index (χ0n) is 11.0. The number of carbonyl (C=O) groups excluding carboxylic acids is 1. The van der Waals surface area contributed by atoms with Gasteiger partial charge in [0.2, 0.25) is 10.0 Å². The van der Waals surface area contributed by atoms with E-state index >= 15 is 0 Å². The summed E-state index contributed by atoms with van der Waals surface area (Å²) in [5.74, 6) is -0.843. The van der Waals surface area contributed by atoms with Crippen LogP contribution in [-0.2, 0) is 19.6 Å². The largest absolute Gasteiger partial charge is 0.495 e. The second kappa shape index (κ2) is 6.77. The van der Waals surface area contributed by atoms with Crippen molar-refractivity contribution in [1.82, 2.24) is 0 Å². The fourth-order valence-corrected chi connectivity index (χ4v) is 2.48. The topological polar surface area (TPSA) is 105 Å². The predicted molar refractivity (Wildman–Crippen MR) is 71.8 cm³/mol. The maximum absolute atomic E-state index is 11.9. The molecule has 1 rings (SSSR count). The van der Waals surface area contributed by atoms with Gasteiger partial charge in [0.15, 0.2) is 0 Å². The van der Waals surface area contributed by atoms with E-state index in [9.17, 15) is 13.2 Å². The highest BCUT2D eigenvalue weighted by atomic mass is 32.2. The molecule has 8 heteroatoms. The monoisotopic (exact) mass is 298 g/mol. The zero-order valence-corrected chi connectivity index (χ0v) is 11.9. The van der Waals surface area contributed by atoms with Gasteiger partial charge in [0.1, 0.15) is 17.5 Å². The minimum Gasteiger partial charge on any atom is -0.495 e. The van der Waals surface area contributed by atoms with Crippen molar-refractivity contribution < 1.29 is 22.7 Å². The Morgan fingerprint density at radius 3 is 2.65 bits per heavy atom. The van der Waals surface area contributed by atoms with E-state index in [1.165, 1.54) is 26.4 Å². The highest BCUT2D eigenvalue weighted by molar-refractivity contribution is 7.92. The molecule has 1 N–H and O–H groups in total. The van der Waals surface area contributed by atoms with Gasteiger partial charge in [0.05, 0.1) is 32.0 Å². The Morgan fingerprint density at radius 1 is 1.40 bits per heavy atom. The quantitative estimate of drug-likeness (QED) is 0.781. The lowest BCUT2D eigenvalue weighted by molar-refractivity contribution is -0.140. The van der Waals surface area contributed by atoms with Crippen molar-refractivity contribution in [3.05, 3.63) is 23.8 Å². The number of nitrogens with one attached hydrogen (secondary N) is 1. The molecule has 0 spiro atoms. The minimum atomic E-state index is -3.79. The highest BCUT2D eigenvalue weighted by Crippen LogP contribution is 2.28. The van der Waals surface area contributed by atoms with E-state index in [0.29, 0.717) is 0 Å². The lowest BCUT2D eigenvalue weighted by Gasteiger charge is -2.12. The Morgan fingerprint density at radius 2 is 2.10 bits per heavy atom. The molecule has 0 fully saturated rings. The first kappa shape index (κ1) is 15.8. The van der Waals surface area contributed by atoms with E-state index < -0.39 is 21.7 Å². The Kier molecular flexibility index (Phi) is 5.34. The molecule has 1 aromatic carbocycles. The Bertz CT molecular complexity index is 634. The van der Waals surface area contributed by atoms with E-state index in [-0.39, 0.29) is 23.4 Å². The van der Waals surface area contributed by atoms with Gasteiger partial charge in [-0.05, 0) is 12.1 Å². The standard InChI is InChI=1S/C12H14N2O5S/c1-18-10-5-3-4-9(8-13)12(10)14-20(16,17)7-6-11(15)19-2/h3-5,14H,6-7H2,1-2H3. The second-order valence-electron chi connectivity index (χ2n) is 3.74. The number of benzene rings is 1. The Labute approximate surface area is 117 Å². The third-order valence-corrected chi connectivity index (χ3v) is 3.68. The average Bonchev–Trinajstić information content (AvgIpc) is 2.44. The van der Waals surface area contributed by atoms with E-state index in [2.05, 4.69) is 9.46 Å². The lowest BCUT2D eigenvalue weighted by Crippen LogP contribution is -2.20. The van der Waals surface area contributed by atoms with Gasteiger partial charge in [0, 0.05) is 0 Å². The molecule has 1 aromatic rings. The summed E-state index contributed by atoms with van der Waals surface area (Å²) in [4.78, 5) is 11.0. The van der Waals surface area contributed by atoms with Crippen LogP contribution in [0.5, 0.6) is 5.75 Å². The maximum atomic E-state index is 11.9. The predicted octanol–water partition coefficient (Wildman–Crippen LogP) is 0.872. The Balaban J connectivity index is 2.98. The fourth-order valence-electron chi connectivity index (χ4n) is 1.43. The number of methoxy groups -OCH3 is 2. The van der Waals surface area contributed by atoms with Gasteiger partial charge in [-0.15, -0.1) is 0 Å². The number of hydrogen-bond donors (Lipinski definition) is 1. The molecule has 0 saturated heterocycles. The van der Waals surface area contributed by atoms with Crippen LogP contribution in [0.1, 0.15) is 12.0 Å². The summed E-state index contributed by atoms with van der Waals surface area (Å²) in [6.07, 6.45) is -0.275. The first-order valence-electron chi connectivity index (χ1n) is 5.58. The normalized spacial score (nSPS) is 10.4. The first-order valence-corrected chi connectivity index (χ1v) is 7.23. The van der Waals surface area contributed by atoms with Crippen molar-refractivity contribution in [1.29, 1.82) is 5.26 Å². The van der Waals surface area contributed by atoms with Gasteiger partial charge in [-0.1, -0.05) is 6.07 Å². The van der Waals surface area contributed by atoms with Gasteiger partial charge in [-0.2, -0.15) is 5.26 Å². The molecular formula is C12H14N2O5S. The van der Waals surface area contributed by atoms with Gasteiger partial charge in [-0.25, -0.2) is 8.42 Å². The van der Waals surface area contributed by atoms with Crippen molar-refractivity contribution in [2.24, 2.45) is 0 Å². The number of nitriles is 1. The number of nitrogens with zero attached hydrogens (tertiary/aromatic N) is 1. The smallest absolute Gasteiger partial charge is 0.306 e. The van der Waals surface area contributed by atoms with Crippen LogP contribution >= 0.6 is 0 Å². The molecule has 0 radical (unpaired) electrons. The third kappa shape index (κ3) is 4.13. The lowest BCUT2D eigenvalue weighted by atomic mass is 10.2. The maximum Gasteiger partial charge on any atom is 0.306 e. The van der Waals surface area contributed by atoms with Crippen LogP contribution < -0.4 is 9.46 Å². The number of hydrogen-bond acceptors (Lipinski definition) is 6. The summed E-state index contributed by atoms with van der Waals surface area (Å²) in [5, 5.41) is 8.98. The molecule has 0 aliphatic rings. The molecule has 0 bridgehead atoms. The van der Waals surface area contributed by atoms with Crippen LogP contribution in [0.4, 0.5) is 5.69 Å². The van der Waals surface area contributed by atoms with Crippen molar-refractivity contribution in [2.45, 2.75) is 6.42 Å². The summed E-state index contributed by atoms with van der Waals surface area (Å²) < 4.78 is 35.4. The number of carbonyl (C=O) groups is 1. The first-order chi connectivity index (χ1) is 9.43. The van der Waals surface area contributed by atoms with Crippen molar-refractivity contribution in [3.8, 4) is 11.8 Å². The molecule has 0 aromatic heterocycles. The van der Waals surface area contributed by atoms with Gasteiger partial charge in [0.25, 0.3) is 0 Å². The van der Waals surface area contributed by atoms with E-state index in [4.69, 9.17) is 10.00 Å². The summed E-state index contributed by atoms with van der Waals surface area (Å²) in [7, 11) is -1.25. The van der Waals surface area contributed by atoms with Crippen molar-refractivity contribution >= 4 is 21.7 Å². The van der Waals surface area contributed by atoms with Crippen LogP contribution in [0, 0.1) is 11.3 Å². The third-order valence-electron chi connectivity index (χ3n) is 2.43. The van der Waals surface area contributed by atoms with Crippen LogP contribution in [0.15, 0.2) is 18.2 Å². The molecular weight excluding hydrogens is 284 g/mol. The molecule has 7 nitrogen and oxygen atoms in total. The molecule has 0 atom stereocenters. The summed E-state index contributed by atoms with van der Waals surface area (Å²) >= 11 is 0. The number of esters is 1. The van der Waals surface area contributed by atoms with Gasteiger partial charge >= 0.3 is 5.97 Å². The number of rotatable bonds is 6. The molecule has 0 unspecified atom stereocenters. The molecule has 108 valence electrons. The molecule has 0 heterocycles. The summed E-state index contributed by atoms with van der Waals surface area (Å²) in [6, 6.07) is 6.43. The van der Waals surface area contributed by atoms with E-state index in [0.717, 1.165) is 0 Å². The molecule has 0 aliphatic heterocycles. The molecule has 0 saturated carbocycles. The van der Waals surface area contributed by atoms with Gasteiger partial charge < -0.3 is 9.47 Å². The summed E-state index contributed by atoms with van der Waals surface area (Å²) in [5.41, 5.74) is 0.188. The van der Waals surface area contributed by atoms with Crippen LogP contribution in [-0.4, -0.2) is 34.4 Å². The van der Waals surface area contributed by atoms with Crippen LogP contribution in [0.25, 0.3) is 0 Å². The van der Waals surface area contributed by atoms with E-state index in [1.807, 2.05) is 6.07 Å². The number of para-hydroxylation sites is 1. The van der Waals surface area contributed by atoms with E-state index in [1.54, 1.807) is 6.07 Å². The van der Waals surface area contributed by atoms with Crippen LogP contribution in [0.3, 0.4) is 0 Å².